The van der Waals surface area contributed by atoms with Gasteiger partial charge in [0, 0.05) is 11.6 Å². The molecule has 0 amide bonds. The number of nitrogens with zero attached hydrogens (tertiary/aromatic N) is 1. The molecule has 0 saturated carbocycles. The second kappa shape index (κ2) is 5.92. The van der Waals surface area contributed by atoms with Gasteiger partial charge >= 0.3 is 0 Å². The molecule has 19 heavy (non-hydrogen) atoms. The van der Waals surface area contributed by atoms with E-state index in [-0.39, 0.29) is 5.82 Å². The summed E-state index contributed by atoms with van der Waals surface area (Å²) in [6.07, 6.45) is 0. The highest BCUT2D eigenvalue weighted by Gasteiger charge is 2.05. The standard InChI is InChI=1S/C14H9Cl2FN2/c15-12-4-1-9(7-18)5-14(12)19-8-10-2-3-11(17)6-13(10)16/h1-6,19H,8H2. The number of hydrogen-bond donors (Lipinski definition) is 1. The molecule has 0 spiro atoms. The first kappa shape index (κ1) is 13.7. The van der Waals surface area contributed by atoms with Gasteiger partial charge in [0.15, 0.2) is 0 Å². The molecular weight excluding hydrogens is 286 g/mol. The Kier molecular flexibility index (Phi) is 4.26. The molecule has 0 bridgehead atoms. The van der Waals surface area contributed by atoms with E-state index >= 15 is 0 Å². The van der Waals surface area contributed by atoms with Crippen molar-refractivity contribution < 1.29 is 4.39 Å². The number of benzene rings is 2. The fourth-order valence-corrected chi connectivity index (χ4v) is 2.00. The van der Waals surface area contributed by atoms with Crippen molar-refractivity contribution in [2.75, 3.05) is 5.32 Å². The van der Waals surface area contributed by atoms with Crippen LogP contribution in [0, 0.1) is 17.1 Å². The molecule has 0 fully saturated rings. The van der Waals surface area contributed by atoms with Crippen LogP contribution >= 0.6 is 23.2 Å². The van der Waals surface area contributed by atoms with Crippen LogP contribution in [0.4, 0.5) is 10.1 Å². The topological polar surface area (TPSA) is 35.8 Å². The van der Waals surface area contributed by atoms with Gasteiger partial charge in [-0.1, -0.05) is 29.3 Å². The molecule has 0 heterocycles. The molecule has 2 aromatic rings. The minimum Gasteiger partial charge on any atom is -0.380 e. The lowest BCUT2D eigenvalue weighted by Crippen LogP contribution is -2.01. The van der Waals surface area contributed by atoms with Crippen LogP contribution in [-0.2, 0) is 6.54 Å². The van der Waals surface area contributed by atoms with Crippen molar-refractivity contribution in [1.82, 2.24) is 0 Å². The first-order valence-electron chi connectivity index (χ1n) is 5.47. The Morgan fingerprint density at radius 2 is 1.89 bits per heavy atom. The fraction of sp³-hybridized carbons (Fsp3) is 0.0714. The summed E-state index contributed by atoms with van der Waals surface area (Å²) in [6, 6.07) is 11.2. The van der Waals surface area contributed by atoms with Crippen LogP contribution in [0.1, 0.15) is 11.1 Å². The quantitative estimate of drug-likeness (QED) is 0.897. The van der Waals surface area contributed by atoms with E-state index in [0.29, 0.717) is 27.8 Å². The van der Waals surface area contributed by atoms with Crippen LogP contribution in [0.5, 0.6) is 0 Å². The number of hydrogen-bond acceptors (Lipinski definition) is 2. The minimum atomic E-state index is -0.377. The van der Waals surface area contributed by atoms with Gasteiger partial charge in [-0.3, -0.25) is 0 Å². The highest BCUT2D eigenvalue weighted by Crippen LogP contribution is 2.25. The van der Waals surface area contributed by atoms with E-state index in [2.05, 4.69) is 5.32 Å². The second-order valence-electron chi connectivity index (χ2n) is 3.90. The van der Waals surface area contributed by atoms with Crippen molar-refractivity contribution in [2.45, 2.75) is 6.54 Å². The summed E-state index contributed by atoms with van der Waals surface area (Å²) in [5, 5.41) is 12.8. The van der Waals surface area contributed by atoms with Crippen molar-refractivity contribution in [2.24, 2.45) is 0 Å². The zero-order valence-electron chi connectivity index (χ0n) is 9.75. The summed E-state index contributed by atoms with van der Waals surface area (Å²) in [4.78, 5) is 0. The highest BCUT2D eigenvalue weighted by atomic mass is 35.5. The number of nitriles is 1. The van der Waals surface area contributed by atoms with Crippen molar-refractivity contribution in [1.29, 1.82) is 5.26 Å². The first-order chi connectivity index (χ1) is 9.10. The zero-order chi connectivity index (χ0) is 13.8. The summed E-state index contributed by atoms with van der Waals surface area (Å²) >= 11 is 11.9. The third-order valence-corrected chi connectivity index (χ3v) is 3.26. The molecule has 96 valence electrons. The number of anilines is 1. The van der Waals surface area contributed by atoms with Crippen molar-refractivity contribution in [3.8, 4) is 6.07 Å². The third kappa shape index (κ3) is 3.37. The number of rotatable bonds is 3. The van der Waals surface area contributed by atoms with E-state index in [1.165, 1.54) is 12.1 Å². The number of nitrogens with one attached hydrogen (secondary N) is 1. The average Bonchev–Trinajstić information content (AvgIpc) is 2.39. The maximum Gasteiger partial charge on any atom is 0.124 e. The predicted octanol–water partition coefficient (Wildman–Crippen LogP) is 4.62. The summed E-state index contributed by atoms with van der Waals surface area (Å²) in [7, 11) is 0. The summed E-state index contributed by atoms with van der Waals surface area (Å²) in [5.74, 6) is -0.377. The highest BCUT2D eigenvalue weighted by molar-refractivity contribution is 6.33. The van der Waals surface area contributed by atoms with Crippen LogP contribution in [0.3, 0.4) is 0 Å². The van der Waals surface area contributed by atoms with Gasteiger partial charge in [0.2, 0.25) is 0 Å². The molecule has 0 aromatic heterocycles. The van der Waals surface area contributed by atoms with E-state index in [9.17, 15) is 4.39 Å². The molecule has 1 N–H and O–H groups in total. The normalized spacial score (nSPS) is 10.0. The SMILES string of the molecule is N#Cc1ccc(Cl)c(NCc2ccc(F)cc2Cl)c1. The Morgan fingerprint density at radius 1 is 1.11 bits per heavy atom. The lowest BCUT2D eigenvalue weighted by molar-refractivity contribution is 0.627. The monoisotopic (exact) mass is 294 g/mol. The average molecular weight is 295 g/mol. The van der Waals surface area contributed by atoms with Crippen LogP contribution in [0.25, 0.3) is 0 Å². The van der Waals surface area contributed by atoms with Gasteiger partial charge in [-0.05, 0) is 35.9 Å². The molecule has 0 aliphatic rings. The van der Waals surface area contributed by atoms with Crippen LogP contribution in [-0.4, -0.2) is 0 Å². The van der Waals surface area contributed by atoms with E-state index < -0.39 is 0 Å². The Bertz CT molecular complexity index is 650. The van der Waals surface area contributed by atoms with Crippen molar-refractivity contribution in [3.63, 3.8) is 0 Å². The second-order valence-corrected chi connectivity index (χ2v) is 4.71. The van der Waals surface area contributed by atoms with E-state index in [4.69, 9.17) is 28.5 Å². The third-order valence-electron chi connectivity index (χ3n) is 2.58. The molecule has 0 atom stereocenters. The van der Waals surface area contributed by atoms with E-state index in [1.54, 1.807) is 24.3 Å². The smallest absolute Gasteiger partial charge is 0.124 e. The fourth-order valence-electron chi connectivity index (χ4n) is 1.59. The van der Waals surface area contributed by atoms with Gasteiger partial charge in [0.1, 0.15) is 5.82 Å². The maximum absolute atomic E-state index is 12.9. The summed E-state index contributed by atoms with van der Waals surface area (Å²) in [5.41, 5.74) is 1.90. The Balaban J connectivity index is 2.16. The molecule has 0 radical (unpaired) electrons. The van der Waals surface area contributed by atoms with E-state index in [0.717, 1.165) is 5.56 Å². The minimum absolute atomic E-state index is 0.347. The van der Waals surface area contributed by atoms with Crippen LogP contribution in [0.15, 0.2) is 36.4 Å². The molecule has 2 nitrogen and oxygen atoms in total. The molecule has 0 saturated heterocycles. The van der Waals surface area contributed by atoms with Crippen molar-refractivity contribution >= 4 is 28.9 Å². The van der Waals surface area contributed by atoms with Crippen molar-refractivity contribution in [3.05, 3.63) is 63.4 Å². The van der Waals surface area contributed by atoms with Gasteiger partial charge in [-0.15, -0.1) is 0 Å². The van der Waals surface area contributed by atoms with Crippen LogP contribution < -0.4 is 5.32 Å². The molecule has 0 unspecified atom stereocenters. The molecule has 2 rings (SSSR count). The molecular formula is C14H9Cl2FN2. The Labute approximate surface area is 120 Å². The van der Waals surface area contributed by atoms with Crippen LogP contribution in [0.2, 0.25) is 10.0 Å². The molecule has 5 heteroatoms. The summed E-state index contributed by atoms with van der Waals surface area (Å²) < 4.78 is 12.9. The first-order valence-corrected chi connectivity index (χ1v) is 6.23. The van der Waals surface area contributed by atoms with Gasteiger partial charge in [0.05, 0.1) is 22.3 Å². The Morgan fingerprint density at radius 3 is 2.58 bits per heavy atom. The predicted molar refractivity (Wildman–Crippen MR) is 74.9 cm³/mol. The number of halogens is 3. The molecule has 0 aliphatic carbocycles. The largest absolute Gasteiger partial charge is 0.380 e. The lowest BCUT2D eigenvalue weighted by Gasteiger charge is -2.10. The lowest BCUT2D eigenvalue weighted by atomic mass is 10.2. The van der Waals surface area contributed by atoms with Gasteiger partial charge in [0.25, 0.3) is 0 Å². The van der Waals surface area contributed by atoms with E-state index in [1.807, 2.05) is 6.07 Å². The molecule has 2 aromatic carbocycles. The Hall–Kier alpha value is -1.76. The van der Waals surface area contributed by atoms with Gasteiger partial charge < -0.3 is 5.32 Å². The maximum atomic E-state index is 12.9. The molecule has 0 aliphatic heterocycles. The zero-order valence-corrected chi connectivity index (χ0v) is 11.3. The van der Waals surface area contributed by atoms with Gasteiger partial charge in [-0.25, -0.2) is 4.39 Å². The summed E-state index contributed by atoms with van der Waals surface area (Å²) in [6.45, 7) is 0.397. The van der Waals surface area contributed by atoms with Gasteiger partial charge in [-0.2, -0.15) is 5.26 Å².